The zero-order valence-electron chi connectivity index (χ0n) is 13.4. The number of aryl methyl sites for hydroxylation is 1. The maximum atomic E-state index is 13.0. The fraction of sp³-hybridized carbons (Fsp3) is 0.250. The van der Waals surface area contributed by atoms with Crippen LogP contribution < -0.4 is 0 Å². The molecule has 0 aliphatic carbocycles. The van der Waals surface area contributed by atoms with Gasteiger partial charge < -0.3 is 0 Å². The minimum Gasteiger partial charge on any atom is -0.260 e. The predicted molar refractivity (Wildman–Crippen MR) is 90.8 cm³/mol. The molecule has 1 nitrogen and oxygen atoms in total. The number of fused-ring (bicyclic) bond motifs is 1. The number of halogens is 3. The number of nitrogens with zero attached hydrogens (tertiary/aromatic N) is 1. The van der Waals surface area contributed by atoms with Crippen molar-refractivity contribution < 1.29 is 13.2 Å². The number of aromatic nitrogens is 1. The van der Waals surface area contributed by atoms with E-state index in [9.17, 15) is 13.2 Å². The minimum atomic E-state index is -4.35. The fourth-order valence-corrected chi connectivity index (χ4v) is 2.89. The van der Waals surface area contributed by atoms with E-state index in [1.165, 1.54) is 12.1 Å². The Morgan fingerprint density at radius 3 is 2.42 bits per heavy atom. The summed E-state index contributed by atoms with van der Waals surface area (Å²) in [5, 5.41) is 1.96. The lowest BCUT2D eigenvalue weighted by molar-refractivity contribution is -0.137. The highest BCUT2D eigenvalue weighted by molar-refractivity contribution is 5.97. The highest BCUT2D eigenvalue weighted by atomic mass is 19.4. The van der Waals surface area contributed by atoms with E-state index in [4.69, 9.17) is 0 Å². The van der Waals surface area contributed by atoms with E-state index in [0.29, 0.717) is 5.56 Å². The Hall–Kier alpha value is -2.36. The van der Waals surface area contributed by atoms with Crippen LogP contribution in [0.5, 0.6) is 0 Å². The van der Waals surface area contributed by atoms with Crippen LogP contribution in [0, 0.1) is 0 Å². The van der Waals surface area contributed by atoms with E-state index in [1.54, 1.807) is 12.3 Å². The van der Waals surface area contributed by atoms with Gasteiger partial charge in [0.15, 0.2) is 0 Å². The Morgan fingerprint density at radius 2 is 1.71 bits per heavy atom. The highest BCUT2D eigenvalue weighted by Crippen LogP contribution is 2.35. The quantitative estimate of drug-likeness (QED) is 0.550. The van der Waals surface area contributed by atoms with Gasteiger partial charge in [-0.05, 0) is 35.9 Å². The first-order valence-electron chi connectivity index (χ1n) is 8.05. The minimum absolute atomic E-state index is 0.538. The summed E-state index contributed by atoms with van der Waals surface area (Å²) < 4.78 is 39.0. The van der Waals surface area contributed by atoms with Crippen molar-refractivity contribution in [2.75, 3.05) is 0 Å². The van der Waals surface area contributed by atoms with Gasteiger partial charge in [0.1, 0.15) is 0 Å². The summed E-state index contributed by atoms with van der Waals surface area (Å²) in [5.74, 6) is 0. The molecule has 0 aliphatic heterocycles. The van der Waals surface area contributed by atoms with Gasteiger partial charge >= 0.3 is 6.18 Å². The van der Waals surface area contributed by atoms with Crippen LogP contribution in [0.3, 0.4) is 0 Å². The number of alkyl halides is 3. The van der Waals surface area contributed by atoms with Crippen LogP contribution in [0.1, 0.15) is 31.0 Å². The number of benzene rings is 2. The molecular weight excluding hydrogens is 311 g/mol. The maximum Gasteiger partial charge on any atom is 0.416 e. The second-order valence-corrected chi connectivity index (χ2v) is 5.85. The normalized spacial score (nSPS) is 11.8. The second-order valence-electron chi connectivity index (χ2n) is 5.85. The summed E-state index contributed by atoms with van der Waals surface area (Å²) in [6, 6.07) is 13.2. The summed E-state index contributed by atoms with van der Waals surface area (Å²) in [7, 11) is 0. The third kappa shape index (κ3) is 3.28. The van der Waals surface area contributed by atoms with E-state index >= 15 is 0 Å². The molecule has 0 saturated heterocycles. The molecule has 24 heavy (non-hydrogen) atoms. The molecule has 3 aromatic rings. The first kappa shape index (κ1) is 16.5. The van der Waals surface area contributed by atoms with Crippen molar-refractivity contribution in [2.45, 2.75) is 32.4 Å². The van der Waals surface area contributed by atoms with Crippen molar-refractivity contribution >= 4 is 10.8 Å². The molecule has 124 valence electrons. The molecule has 0 aliphatic rings. The fourth-order valence-electron chi connectivity index (χ4n) is 2.89. The summed E-state index contributed by atoms with van der Waals surface area (Å²) in [6.07, 6.45) is 0.342. The molecule has 0 unspecified atom stereocenters. The van der Waals surface area contributed by atoms with Crippen LogP contribution in [0.15, 0.2) is 54.7 Å². The molecule has 0 atom stereocenters. The van der Waals surface area contributed by atoms with Gasteiger partial charge in [0.05, 0.1) is 5.56 Å². The molecule has 0 spiro atoms. The van der Waals surface area contributed by atoms with Gasteiger partial charge in [0, 0.05) is 22.8 Å². The largest absolute Gasteiger partial charge is 0.416 e. The summed E-state index contributed by atoms with van der Waals surface area (Å²) in [5.41, 5.74) is 1.63. The molecular formula is C20H18F3N. The van der Waals surface area contributed by atoms with Crippen LogP contribution in [0.25, 0.3) is 21.9 Å². The van der Waals surface area contributed by atoms with Crippen LogP contribution >= 0.6 is 0 Å². The van der Waals surface area contributed by atoms with Gasteiger partial charge in [-0.3, -0.25) is 4.98 Å². The van der Waals surface area contributed by atoms with Crippen molar-refractivity contribution in [1.82, 2.24) is 4.98 Å². The van der Waals surface area contributed by atoms with Crippen molar-refractivity contribution in [2.24, 2.45) is 0 Å². The third-order valence-electron chi connectivity index (χ3n) is 4.15. The van der Waals surface area contributed by atoms with Gasteiger partial charge in [-0.1, -0.05) is 49.7 Å². The molecule has 0 amide bonds. The average molecular weight is 329 g/mol. The Kier molecular flexibility index (Phi) is 4.56. The molecule has 2 aromatic carbocycles. The van der Waals surface area contributed by atoms with Crippen LogP contribution in [0.4, 0.5) is 13.2 Å². The molecule has 1 aromatic heterocycles. The Labute approximate surface area is 139 Å². The maximum absolute atomic E-state index is 13.0. The topological polar surface area (TPSA) is 12.9 Å². The summed E-state index contributed by atoms with van der Waals surface area (Å²) in [4.78, 5) is 4.53. The second kappa shape index (κ2) is 6.63. The van der Waals surface area contributed by atoms with Crippen molar-refractivity contribution in [3.63, 3.8) is 0 Å². The van der Waals surface area contributed by atoms with Crippen molar-refractivity contribution in [1.29, 1.82) is 0 Å². The van der Waals surface area contributed by atoms with E-state index in [1.807, 2.05) is 24.3 Å². The highest BCUT2D eigenvalue weighted by Gasteiger charge is 2.30. The molecule has 0 saturated carbocycles. The predicted octanol–water partition coefficient (Wildman–Crippen LogP) is 6.26. The van der Waals surface area contributed by atoms with Crippen LogP contribution in [-0.2, 0) is 12.6 Å². The Balaban J connectivity index is 2.14. The van der Waals surface area contributed by atoms with Gasteiger partial charge in [0.2, 0.25) is 0 Å². The Morgan fingerprint density at radius 1 is 0.958 bits per heavy atom. The van der Waals surface area contributed by atoms with Gasteiger partial charge in [-0.2, -0.15) is 13.2 Å². The van der Waals surface area contributed by atoms with Gasteiger partial charge in [-0.25, -0.2) is 0 Å². The molecule has 4 heteroatoms. The van der Waals surface area contributed by atoms with Crippen molar-refractivity contribution in [3.05, 3.63) is 66.0 Å². The number of hydrogen-bond donors (Lipinski definition) is 0. The first-order chi connectivity index (χ1) is 11.5. The Bertz CT molecular complexity index is 853. The standard InChI is InChI=1S/C20H18F3N/c1-2-3-11-19-17-10-5-4-9-16(17)18(13-24-19)14-7-6-8-15(12-14)20(21,22)23/h4-10,12-13H,2-3,11H2,1H3. The molecule has 0 fully saturated rings. The summed E-state index contributed by atoms with van der Waals surface area (Å²) in [6.45, 7) is 2.12. The van der Waals surface area contributed by atoms with Gasteiger partial charge in [-0.15, -0.1) is 0 Å². The summed E-state index contributed by atoms with van der Waals surface area (Å²) >= 11 is 0. The molecule has 0 bridgehead atoms. The number of pyridine rings is 1. The zero-order valence-corrected chi connectivity index (χ0v) is 13.4. The van der Waals surface area contributed by atoms with Crippen LogP contribution in [0.2, 0.25) is 0 Å². The van der Waals surface area contributed by atoms with Crippen LogP contribution in [-0.4, -0.2) is 4.98 Å². The first-order valence-corrected chi connectivity index (χ1v) is 8.05. The molecule has 0 N–H and O–H groups in total. The number of unbranched alkanes of at least 4 members (excludes halogenated alkanes) is 1. The lowest BCUT2D eigenvalue weighted by Crippen LogP contribution is -2.04. The lowest BCUT2D eigenvalue weighted by atomic mass is 9.96. The molecule has 0 radical (unpaired) electrons. The number of hydrogen-bond acceptors (Lipinski definition) is 1. The smallest absolute Gasteiger partial charge is 0.260 e. The SMILES string of the molecule is CCCCc1ncc(-c2cccc(C(F)(F)F)c2)c2ccccc12. The van der Waals surface area contributed by atoms with E-state index in [0.717, 1.165) is 47.4 Å². The lowest BCUT2D eigenvalue weighted by Gasteiger charge is -2.12. The monoisotopic (exact) mass is 329 g/mol. The third-order valence-corrected chi connectivity index (χ3v) is 4.15. The van der Waals surface area contributed by atoms with E-state index in [2.05, 4.69) is 11.9 Å². The zero-order chi connectivity index (χ0) is 17.2. The molecule has 1 heterocycles. The van der Waals surface area contributed by atoms with Crippen molar-refractivity contribution in [3.8, 4) is 11.1 Å². The van der Waals surface area contributed by atoms with Gasteiger partial charge in [0.25, 0.3) is 0 Å². The number of rotatable bonds is 4. The molecule has 3 rings (SSSR count). The average Bonchev–Trinajstić information content (AvgIpc) is 2.59. The van der Waals surface area contributed by atoms with E-state index in [-0.39, 0.29) is 0 Å². The van der Waals surface area contributed by atoms with E-state index < -0.39 is 11.7 Å².